The normalized spacial score (nSPS) is 14.8. The maximum absolute atomic E-state index is 12.5. The molecule has 0 aromatic heterocycles. The van der Waals surface area contributed by atoms with Gasteiger partial charge >= 0.3 is 23.9 Å². The zero-order chi connectivity index (χ0) is 22.0. The minimum atomic E-state index is -0.706. The van der Waals surface area contributed by atoms with E-state index in [0.717, 1.165) is 27.1 Å². The van der Waals surface area contributed by atoms with Crippen LogP contribution in [0.25, 0.3) is 43.1 Å². The van der Waals surface area contributed by atoms with E-state index in [1.165, 1.54) is 6.07 Å². The first-order chi connectivity index (χ1) is 15.4. The van der Waals surface area contributed by atoms with Crippen LogP contribution < -0.4 is 0 Å². The molecule has 155 valence electrons. The number of aryl methyl sites for hydroxylation is 1. The third-order valence-corrected chi connectivity index (χ3v) is 7.03. The molecule has 2 heterocycles. The summed E-state index contributed by atoms with van der Waals surface area (Å²) in [5.41, 5.74) is 2.02. The van der Waals surface area contributed by atoms with E-state index in [-0.39, 0.29) is 38.3 Å². The number of cyclic esters (lactones) is 4. The van der Waals surface area contributed by atoms with Gasteiger partial charge in [-0.15, -0.1) is 17.5 Å². The summed E-state index contributed by atoms with van der Waals surface area (Å²) < 4.78 is 10.5. The fourth-order valence-corrected chi connectivity index (χ4v) is 5.84. The number of rotatable bonds is 0. The summed E-state index contributed by atoms with van der Waals surface area (Å²) in [4.78, 5) is 49.9. The Kier molecular flexibility index (Phi) is 4.20. The molecule has 0 aliphatic carbocycles. The van der Waals surface area contributed by atoms with Crippen molar-refractivity contribution in [2.75, 3.05) is 0 Å². The molecular weight excluding hydrogens is 565 g/mol. The summed E-state index contributed by atoms with van der Waals surface area (Å²) in [6, 6.07) is 11.5. The van der Waals surface area contributed by atoms with Gasteiger partial charge in [-0.3, -0.25) is 4.79 Å². The fraction of sp³-hybridized carbons (Fsp3) is 0.0400. The molecule has 8 heteroatoms. The van der Waals surface area contributed by atoms with Gasteiger partial charge in [-0.2, -0.15) is 0 Å². The van der Waals surface area contributed by atoms with Crippen LogP contribution in [0.3, 0.4) is 0 Å². The van der Waals surface area contributed by atoms with E-state index in [0.29, 0.717) is 42.7 Å². The molecule has 5 aromatic rings. The second-order valence-electron chi connectivity index (χ2n) is 7.99. The molecule has 0 unspecified atom stereocenters. The average Bonchev–Trinajstić information content (AvgIpc) is 2.75. The Hall–Kier alpha value is -2.74. The molecule has 7 rings (SSSR count). The number of ether oxygens (including phenoxy) is 2. The summed E-state index contributed by atoms with van der Waals surface area (Å²) >= 11 is 3.60. The monoisotopic (exact) mass is 572 g/mol. The van der Waals surface area contributed by atoms with Gasteiger partial charge in [-0.1, -0.05) is 55.2 Å². The third-order valence-electron chi connectivity index (χ3n) is 6.41. The molecule has 0 spiro atoms. The van der Waals surface area contributed by atoms with E-state index in [2.05, 4.69) is 22.0 Å². The summed E-state index contributed by atoms with van der Waals surface area (Å²) in [7, 11) is 0. The van der Waals surface area contributed by atoms with Crippen LogP contribution in [0.1, 0.15) is 47.0 Å². The zero-order valence-corrected chi connectivity index (χ0v) is 21.2. The van der Waals surface area contributed by atoms with Gasteiger partial charge in [0.05, 0.1) is 16.7 Å². The Balaban J connectivity index is 0.00000206. The van der Waals surface area contributed by atoms with Crippen LogP contribution in [0.2, 0.25) is 0 Å². The molecule has 33 heavy (non-hydrogen) atoms. The second-order valence-corrected chi connectivity index (χ2v) is 8.84. The van der Waals surface area contributed by atoms with Gasteiger partial charge < -0.3 is 9.47 Å². The Morgan fingerprint density at radius 2 is 1.30 bits per heavy atom. The van der Waals surface area contributed by atoms with Gasteiger partial charge in [0, 0.05) is 42.6 Å². The van der Waals surface area contributed by atoms with Crippen molar-refractivity contribution in [2.45, 2.75) is 6.92 Å². The number of hydrogen-bond acceptors (Lipinski definition) is 6. The number of halogens is 1. The van der Waals surface area contributed by atoms with Gasteiger partial charge in [0.1, 0.15) is 0 Å². The summed E-state index contributed by atoms with van der Waals surface area (Å²) in [6.07, 6.45) is 0. The summed E-state index contributed by atoms with van der Waals surface area (Å²) in [5, 5.41) is 5.57. The molecule has 0 N–H and O–H groups in total. The van der Waals surface area contributed by atoms with E-state index < -0.39 is 23.9 Å². The summed E-state index contributed by atoms with van der Waals surface area (Å²) in [6.45, 7) is 1.87. The van der Waals surface area contributed by atoms with Crippen molar-refractivity contribution in [2.24, 2.45) is 0 Å². The minimum absolute atomic E-state index is 0. The van der Waals surface area contributed by atoms with Crippen molar-refractivity contribution < 1.29 is 61.4 Å². The number of benzene rings is 5. The first-order valence-electron chi connectivity index (χ1n) is 9.71. The Morgan fingerprint density at radius 3 is 2.03 bits per heavy atom. The van der Waals surface area contributed by atoms with Gasteiger partial charge in [0.15, 0.2) is 0 Å². The van der Waals surface area contributed by atoms with E-state index in [1.807, 2.05) is 6.92 Å². The molecule has 0 fully saturated rings. The van der Waals surface area contributed by atoms with Crippen LogP contribution in [0.5, 0.6) is 0 Å². The first kappa shape index (κ1) is 20.8. The van der Waals surface area contributed by atoms with Crippen LogP contribution in [-0.2, 0) is 42.2 Å². The van der Waals surface area contributed by atoms with Crippen LogP contribution >= 0.6 is 15.9 Å². The molecule has 2 aliphatic rings. The maximum Gasteiger partial charge on any atom is 0.346 e. The van der Waals surface area contributed by atoms with Crippen molar-refractivity contribution in [1.82, 2.24) is 0 Å². The van der Waals surface area contributed by atoms with E-state index in [9.17, 15) is 19.2 Å². The number of hydrogen-bond donors (Lipinski definition) is 0. The van der Waals surface area contributed by atoms with Crippen molar-refractivity contribution in [1.29, 1.82) is 0 Å². The van der Waals surface area contributed by atoms with Crippen molar-refractivity contribution >= 4 is 82.9 Å². The largest absolute Gasteiger partial charge is 0.393 e. The molecule has 0 amide bonds. The first-order valence-corrected chi connectivity index (χ1v) is 10.5. The Labute approximate surface area is 218 Å². The Bertz CT molecular complexity index is 1700. The van der Waals surface area contributed by atoms with Crippen LogP contribution in [0.4, 0.5) is 0 Å². The predicted octanol–water partition coefficient (Wildman–Crippen LogP) is 5.23. The Morgan fingerprint density at radius 1 is 0.697 bits per heavy atom. The van der Waals surface area contributed by atoms with Crippen LogP contribution in [0, 0.1) is 13.0 Å². The van der Waals surface area contributed by atoms with E-state index in [1.54, 1.807) is 24.3 Å². The van der Waals surface area contributed by atoms with Crippen molar-refractivity contribution in [3.8, 4) is 0 Å². The molecule has 2 aliphatic heterocycles. The zero-order valence-electron chi connectivity index (χ0n) is 16.8. The van der Waals surface area contributed by atoms with Gasteiger partial charge in [0.25, 0.3) is 0 Å². The number of esters is 4. The third kappa shape index (κ3) is 2.40. The van der Waals surface area contributed by atoms with Crippen molar-refractivity contribution in [3.63, 3.8) is 0 Å². The topological polar surface area (TPSA) is 86.7 Å². The van der Waals surface area contributed by atoms with Crippen molar-refractivity contribution in [3.05, 3.63) is 68.7 Å². The molecule has 0 atom stereocenters. The van der Waals surface area contributed by atoms with Crippen LogP contribution in [-0.4, -0.2) is 23.9 Å². The summed E-state index contributed by atoms with van der Waals surface area (Å²) in [5.74, 6) is -2.77. The standard InChI is InChI=1S/C25H8BrO6.Y/c1-8-6-13-19-14(25(30)32-24(13)29)7-15(26)20-10-3-5-12-18-11(22(27)31-23(12)28)4-2-9(17(10)18)16(8)21(19)20;/h3-7H,1H3;/q-1;. The number of carbonyl (C=O) groups excluding carboxylic acids is 4. The smallest absolute Gasteiger partial charge is 0.346 e. The SMILES string of the molecule is Cc1cc2c3c(cc(Br)c4c5ccc6c7c(c[c-]c(c1c34)c75)C(=O)OC6=O)C(=O)OC2=O.[Y]. The number of carbonyl (C=O) groups is 4. The van der Waals surface area contributed by atoms with Crippen LogP contribution in [0.15, 0.2) is 34.8 Å². The number of fused-ring (bicyclic) bond motifs is 2. The predicted molar refractivity (Wildman–Crippen MR) is 118 cm³/mol. The van der Waals surface area contributed by atoms with Gasteiger partial charge in [0.2, 0.25) is 0 Å². The maximum atomic E-state index is 12.5. The van der Waals surface area contributed by atoms with E-state index >= 15 is 0 Å². The fourth-order valence-electron chi connectivity index (χ4n) is 5.20. The molecule has 5 aromatic carbocycles. The molecule has 6 nitrogen and oxygen atoms in total. The second kappa shape index (κ2) is 6.66. The molecule has 0 saturated heterocycles. The minimum Gasteiger partial charge on any atom is -0.393 e. The molecule has 0 bridgehead atoms. The molecule has 1 radical (unpaired) electrons. The molecule has 0 saturated carbocycles. The average molecular weight is 573 g/mol. The van der Waals surface area contributed by atoms with Gasteiger partial charge in [-0.25, -0.2) is 14.4 Å². The van der Waals surface area contributed by atoms with E-state index in [4.69, 9.17) is 9.47 Å². The molecular formula is C25H8BrO6Y-. The quantitative estimate of drug-likeness (QED) is 0.0830. The van der Waals surface area contributed by atoms with Gasteiger partial charge in [-0.05, 0) is 35.4 Å².